The van der Waals surface area contributed by atoms with Crippen molar-refractivity contribution in [1.29, 1.82) is 5.26 Å². The summed E-state index contributed by atoms with van der Waals surface area (Å²) in [4.78, 5) is 14.8. The number of rotatable bonds is 7. The molecule has 0 bridgehead atoms. The van der Waals surface area contributed by atoms with Gasteiger partial charge in [-0.25, -0.2) is 18.1 Å². The second kappa shape index (κ2) is 8.84. The first-order chi connectivity index (χ1) is 15.4. The number of nitrogens with zero attached hydrogens (tertiary/aromatic N) is 3. The van der Waals surface area contributed by atoms with Gasteiger partial charge < -0.3 is 0 Å². The largest absolute Gasteiger partial charge is 0.270 e. The Bertz CT molecular complexity index is 1430. The zero-order valence-electron chi connectivity index (χ0n) is 16.5. The molecular formula is C22H16N4O4S2. The molecule has 0 saturated carbocycles. The molecule has 8 nitrogen and oxygen atoms in total. The van der Waals surface area contributed by atoms with E-state index in [0.717, 1.165) is 21.8 Å². The molecular weight excluding hydrogens is 448 g/mol. The fourth-order valence-corrected chi connectivity index (χ4v) is 5.57. The van der Waals surface area contributed by atoms with Gasteiger partial charge in [-0.05, 0) is 42.3 Å². The summed E-state index contributed by atoms with van der Waals surface area (Å²) in [6.07, 6.45) is 0.253. The second-order valence-electron chi connectivity index (χ2n) is 6.96. The Morgan fingerprint density at radius 3 is 2.62 bits per heavy atom. The quantitative estimate of drug-likeness (QED) is 0.320. The number of sulfonamides is 1. The van der Waals surface area contributed by atoms with Crippen molar-refractivity contribution in [2.45, 2.75) is 17.4 Å². The molecule has 32 heavy (non-hydrogen) atoms. The van der Waals surface area contributed by atoms with E-state index in [0.29, 0.717) is 10.6 Å². The first-order valence-corrected chi connectivity index (χ1v) is 11.8. The Morgan fingerprint density at radius 1 is 1.09 bits per heavy atom. The van der Waals surface area contributed by atoms with Gasteiger partial charge in [-0.3, -0.25) is 10.1 Å². The van der Waals surface area contributed by atoms with E-state index in [1.807, 2.05) is 30.3 Å². The van der Waals surface area contributed by atoms with Gasteiger partial charge >= 0.3 is 0 Å². The van der Waals surface area contributed by atoms with Crippen molar-refractivity contribution < 1.29 is 13.3 Å². The summed E-state index contributed by atoms with van der Waals surface area (Å²) in [5.41, 5.74) is 1.66. The average Bonchev–Trinajstić information content (AvgIpc) is 3.23. The molecule has 1 unspecified atom stereocenters. The van der Waals surface area contributed by atoms with Crippen LogP contribution < -0.4 is 4.72 Å². The summed E-state index contributed by atoms with van der Waals surface area (Å²) in [5, 5.41) is 20.8. The van der Waals surface area contributed by atoms with E-state index in [2.05, 4.69) is 15.8 Å². The van der Waals surface area contributed by atoms with Crippen LogP contribution in [0.5, 0.6) is 0 Å². The number of non-ortho nitro benzene ring substituents is 1. The van der Waals surface area contributed by atoms with Crippen LogP contribution >= 0.6 is 11.3 Å². The lowest BCUT2D eigenvalue weighted by molar-refractivity contribution is -0.385. The Hall–Kier alpha value is -3.65. The third kappa shape index (κ3) is 4.65. The van der Waals surface area contributed by atoms with E-state index in [4.69, 9.17) is 0 Å². The second-order valence-corrected chi connectivity index (χ2v) is 9.74. The van der Waals surface area contributed by atoms with Crippen molar-refractivity contribution in [3.8, 4) is 6.07 Å². The zero-order valence-corrected chi connectivity index (χ0v) is 18.1. The molecule has 0 spiro atoms. The van der Waals surface area contributed by atoms with Gasteiger partial charge in [0.05, 0.1) is 37.7 Å². The molecule has 1 heterocycles. The summed E-state index contributed by atoms with van der Waals surface area (Å²) in [5.74, 6) is 0. The van der Waals surface area contributed by atoms with Crippen LogP contribution in [0, 0.1) is 21.4 Å². The van der Waals surface area contributed by atoms with Gasteiger partial charge in [0.1, 0.15) is 5.01 Å². The molecule has 0 amide bonds. The van der Waals surface area contributed by atoms with Gasteiger partial charge in [0.15, 0.2) is 0 Å². The molecule has 0 radical (unpaired) electrons. The number of fused-ring (bicyclic) bond motifs is 1. The highest BCUT2D eigenvalue weighted by atomic mass is 32.2. The van der Waals surface area contributed by atoms with Crippen LogP contribution in [0.1, 0.15) is 22.2 Å². The van der Waals surface area contributed by atoms with Crippen LogP contribution in [0.4, 0.5) is 5.69 Å². The van der Waals surface area contributed by atoms with E-state index in [9.17, 15) is 23.8 Å². The fraction of sp³-hybridized carbons (Fsp3) is 0.0909. The lowest BCUT2D eigenvalue weighted by Gasteiger charge is -2.17. The minimum Gasteiger partial charge on any atom is -0.258 e. The smallest absolute Gasteiger partial charge is 0.258 e. The molecule has 0 aliphatic heterocycles. The molecule has 0 aliphatic rings. The van der Waals surface area contributed by atoms with Crippen LogP contribution in [-0.2, 0) is 16.4 Å². The molecule has 0 saturated heterocycles. The van der Waals surface area contributed by atoms with E-state index >= 15 is 0 Å². The standard InChI is InChI=1S/C22H16N4O4S2/c23-14-16-6-3-5-15(11-16)12-20(22-24-19-9-1-2-10-21(19)31-22)25-32(29,30)18-8-4-7-17(13-18)26(27)28/h1-11,13,20,25H,12H2. The van der Waals surface area contributed by atoms with Crippen molar-refractivity contribution in [1.82, 2.24) is 9.71 Å². The number of hydrogen-bond acceptors (Lipinski definition) is 7. The predicted octanol–water partition coefficient (Wildman–Crippen LogP) is 4.34. The van der Waals surface area contributed by atoms with Crippen molar-refractivity contribution in [2.75, 3.05) is 0 Å². The Kier molecular flexibility index (Phi) is 5.96. The minimum absolute atomic E-state index is 0.205. The fourth-order valence-electron chi connectivity index (χ4n) is 3.24. The molecule has 1 aromatic heterocycles. The summed E-state index contributed by atoms with van der Waals surface area (Å²) < 4.78 is 29.8. The Morgan fingerprint density at radius 2 is 1.88 bits per heavy atom. The normalized spacial score (nSPS) is 12.3. The maximum atomic E-state index is 13.1. The maximum absolute atomic E-state index is 13.1. The minimum atomic E-state index is -4.09. The SMILES string of the molecule is N#Cc1cccc(CC(NS(=O)(=O)c2cccc([N+](=O)[O-])c2)c2nc3ccccc3s2)c1. The van der Waals surface area contributed by atoms with Crippen LogP contribution in [0.2, 0.25) is 0 Å². The van der Waals surface area contributed by atoms with Gasteiger partial charge in [0.2, 0.25) is 10.0 Å². The number of thiazole rings is 1. The maximum Gasteiger partial charge on any atom is 0.270 e. The van der Waals surface area contributed by atoms with Crippen LogP contribution in [0.3, 0.4) is 0 Å². The number of nitrogens with one attached hydrogen (secondary N) is 1. The molecule has 4 aromatic rings. The highest BCUT2D eigenvalue weighted by Crippen LogP contribution is 2.30. The first-order valence-electron chi connectivity index (χ1n) is 9.47. The lowest BCUT2D eigenvalue weighted by atomic mass is 10.0. The van der Waals surface area contributed by atoms with Crippen LogP contribution in [0.25, 0.3) is 10.2 Å². The molecule has 10 heteroatoms. The summed E-state index contributed by atoms with van der Waals surface area (Å²) in [6.45, 7) is 0. The third-order valence-electron chi connectivity index (χ3n) is 4.74. The van der Waals surface area contributed by atoms with Gasteiger partial charge in [-0.1, -0.05) is 30.3 Å². The predicted molar refractivity (Wildman–Crippen MR) is 121 cm³/mol. The number of hydrogen-bond donors (Lipinski definition) is 1. The number of nitriles is 1. The Balaban J connectivity index is 1.73. The van der Waals surface area contributed by atoms with Gasteiger partial charge in [0, 0.05) is 12.1 Å². The molecule has 3 aromatic carbocycles. The van der Waals surface area contributed by atoms with E-state index < -0.39 is 21.0 Å². The molecule has 160 valence electrons. The number of benzene rings is 3. The Labute approximate surface area is 188 Å². The van der Waals surface area contributed by atoms with Crippen molar-refractivity contribution >= 4 is 37.3 Å². The van der Waals surface area contributed by atoms with Crippen molar-refractivity contribution in [3.05, 3.63) is 99.0 Å². The molecule has 0 fully saturated rings. The number of para-hydroxylation sites is 1. The molecule has 4 rings (SSSR count). The van der Waals surface area contributed by atoms with Crippen LogP contribution in [-0.4, -0.2) is 18.3 Å². The number of nitro benzene ring substituents is 1. The van der Waals surface area contributed by atoms with E-state index in [1.165, 1.54) is 29.5 Å². The number of nitro groups is 1. The van der Waals surface area contributed by atoms with Crippen molar-refractivity contribution in [2.24, 2.45) is 0 Å². The lowest BCUT2D eigenvalue weighted by Crippen LogP contribution is -2.30. The summed E-state index contributed by atoms with van der Waals surface area (Å²) in [7, 11) is -4.09. The summed E-state index contributed by atoms with van der Waals surface area (Å²) in [6, 6.07) is 20.6. The van der Waals surface area contributed by atoms with E-state index in [-0.39, 0.29) is 17.0 Å². The van der Waals surface area contributed by atoms with Crippen molar-refractivity contribution in [3.63, 3.8) is 0 Å². The summed E-state index contributed by atoms with van der Waals surface area (Å²) >= 11 is 1.37. The third-order valence-corrected chi connectivity index (χ3v) is 7.36. The molecule has 1 atom stereocenters. The van der Waals surface area contributed by atoms with Gasteiger partial charge in [0.25, 0.3) is 5.69 Å². The van der Waals surface area contributed by atoms with E-state index in [1.54, 1.807) is 18.2 Å². The average molecular weight is 465 g/mol. The topological polar surface area (TPSA) is 126 Å². The van der Waals surface area contributed by atoms with Gasteiger partial charge in [-0.15, -0.1) is 11.3 Å². The van der Waals surface area contributed by atoms with Gasteiger partial charge in [-0.2, -0.15) is 5.26 Å². The zero-order chi connectivity index (χ0) is 22.7. The molecule has 1 N–H and O–H groups in total. The highest BCUT2D eigenvalue weighted by molar-refractivity contribution is 7.89. The highest BCUT2D eigenvalue weighted by Gasteiger charge is 2.26. The first kappa shape index (κ1) is 21.6. The monoisotopic (exact) mass is 464 g/mol. The van der Waals surface area contributed by atoms with Crippen LogP contribution in [0.15, 0.2) is 77.7 Å². The number of aromatic nitrogens is 1. The molecule has 0 aliphatic carbocycles.